The SMILES string of the molecule is CC(=O)[C@H]1C[C@@H](CCc2ccccc2)O[C@@H](/C=C/c2ccccc2)C1. The molecule has 1 aliphatic heterocycles. The molecule has 0 spiro atoms. The van der Waals surface area contributed by atoms with Gasteiger partial charge in [0.2, 0.25) is 0 Å². The summed E-state index contributed by atoms with van der Waals surface area (Å²) in [6.07, 6.45) is 7.96. The van der Waals surface area contributed by atoms with E-state index in [4.69, 9.17) is 4.74 Å². The van der Waals surface area contributed by atoms with Crippen LogP contribution in [0.4, 0.5) is 0 Å². The maximum Gasteiger partial charge on any atom is 0.133 e. The Balaban J connectivity index is 1.63. The summed E-state index contributed by atoms with van der Waals surface area (Å²) in [5, 5.41) is 0. The molecule has 2 aromatic rings. The lowest BCUT2D eigenvalue weighted by Crippen LogP contribution is -2.35. The van der Waals surface area contributed by atoms with Crippen LogP contribution < -0.4 is 0 Å². The normalized spacial score (nSPS) is 23.6. The van der Waals surface area contributed by atoms with Crippen molar-refractivity contribution < 1.29 is 9.53 Å². The van der Waals surface area contributed by atoms with Gasteiger partial charge in [-0.05, 0) is 43.7 Å². The summed E-state index contributed by atoms with van der Waals surface area (Å²) < 4.78 is 6.27. The van der Waals surface area contributed by atoms with E-state index in [2.05, 4.69) is 48.6 Å². The minimum absolute atomic E-state index is 0.0172. The van der Waals surface area contributed by atoms with E-state index in [9.17, 15) is 4.79 Å². The summed E-state index contributed by atoms with van der Waals surface area (Å²) in [6.45, 7) is 1.71. The number of ether oxygens (including phenoxy) is 1. The quantitative estimate of drug-likeness (QED) is 0.736. The fourth-order valence-electron chi connectivity index (χ4n) is 3.45. The van der Waals surface area contributed by atoms with Gasteiger partial charge in [0, 0.05) is 5.92 Å². The van der Waals surface area contributed by atoms with E-state index in [0.29, 0.717) is 0 Å². The zero-order valence-electron chi connectivity index (χ0n) is 14.8. The molecule has 2 aromatic carbocycles. The van der Waals surface area contributed by atoms with Crippen molar-refractivity contribution in [2.45, 2.75) is 44.8 Å². The molecule has 1 aliphatic rings. The van der Waals surface area contributed by atoms with E-state index in [1.54, 1.807) is 6.92 Å². The maximum absolute atomic E-state index is 12.0. The third kappa shape index (κ3) is 5.40. The zero-order valence-corrected chi connectivity index (χ0v) is 14.8. The van der Waals surface area contributed by atoms with Crippen LogP contribution in [0.3, 0.4) is 0 Å². The first-order chi connectivity index (χ1) is 12.2. The summed E-state index contributed by atoms with van der Waals surface area (Å²) in [4.78, 5) is 12.0. The lowest BCUT2D eigenvalue weighted by Gasteiger charge is -2.33. The molecule has 0 N–H and O–H groups in total. The van der Waals surface area contributed by atoms with E-state index in [1.165, 1.54) is 5.56 Å². The summed E-state index contributed by atoms with van der Waals surface area (Å²) >= 11 is 0. The Hall–Kier alpha value is -2.19. The third-order valence-electron chi connectivity index (χ3n) is 4.91. The van der Waals surface area contributed by atoms with Crippen molar-refractivity contribution in [3.63, 3.8) is 0 Å². The number of aryl methyl sites for hydroxylation is 1. The van der Waals surface area contributed by atoms with E-state index in [0.717, 1.165) is 31.2 Å². The molecule has 2 heteroatoms. The zero-order chi connectivity index (χ0) is 17.5. The number of ketones is 1. The van der Waals surface area contributed by atoms with Gasteiger partial charge >= 0.3 is 0 Å². The molecule has 0 amide bonds. The second kappa shape index (κ2) is 8.77. The van der Waals surface area contributed by atoms with Crippen LogP contribution in [0, 0.1) is 5.92 Å². The highest BCUT2D eigenvalue weighted by Gasteiger charge is 2.30. The van der Waals surface area contributed by atoms with Crippen molar-refractivity contribution in [3.8, 4) is 0 Å². The molecule has 1 heterocycles. The van der Waals surface area contributed by atoms with Gasteiger partial charge in [-0.25, -0.2) is 0 Å². The first-order valence-electron chi connectivity index (χ1n) is 9.14. The van der Waals surface area contributed by atoms with Crippen LogP contribution in [-0.4, -0.2) is 18.0 Å². The molecule has 0 unspecified atom stereocenters. The van der Waals surface area contributed by atoms with Crippen LogP contribution in [0.25, 0.3) is 6.08 Å². The molecule has 0 aliphatic carbocycles. The van der Waals surface area contributed by atoms with Gasteiger partial charge in [0.15, 0.2) is 0 Å². The minimum Gasteiger partial charge on any atom is -0.371 e. The number of carbonyl (C=O) groups is 1. The highest BCUT2D eigenvalue weighted by atomic mass is 16.5. The highest BCUT2D eigenvalue weighted by Crippen LogP contribution is 2.29. The number of hydrogen-bond donors (Lipinski definition) is 0. The van der Waals surface area contributed by atoms with Crippen molar-refractivity contribution in [1.82, 2.24) is 0 Å². The lowest BCUT2D eigenvalue weighted by molar-refractivity contribution is -0.128. The minimum atomic E-state index is 0.0172. The van der Waals surface area contributed by atoms with E-state index in [-0.39, 0.29) is 23.9 Å². The van der Waals surface area contributed by atoms with E-state index < -0.39 is 0 Å². The smallest absolute Gasteiger partial charge is 0.133 e. The molecule has 0 aromatic heterocycles. The van der Waals surface area contributed by atoms with Crippen LogP contribution in [0.1, 0.15) is 37.3 Å². The Morgan fingerprint density at radius 2 is 1.72 bits per heavy atom. The Labute approximate surface area is 150 Å². The number of benzene rings is 2. The third-order valence-corrected chi connectivity index (χ3v) is 4.91. The monoisotopic (exact) mass is 334 g/mol. The first kappa shape index (κ1) is 17.6. The average Bonchev–Trinajstić information content (AvgIpc) is 2.66. The van der Waals surface area contributed by atoms with Gasteiger partial charge in [-0.1, -0.05) is 72.8 Å². The summed E-state index contributed by atoms with van der Waals surface area (Å²) in [7, 11) is 0. The van der Waals surface area contributed by atoms with Crippen molar-refractivity contribution in [2.75, 3.05) is 0 Å². The van der Waals surface area contributed by atoms with E-state index in [1.807, 2.05) is 24.3 Å². The van der Waals surface area contributed by atoms with Crippen LogP contribution in [0.5, 0.6) is 0 Å². The fraction of sp³-hybridized carbons (Fsp3) is 0.348. The van der Waals surface area contributed by atoms with Gasteiger partial charge in [0.05, 0.1) is 12.2 Å². The van der Waals surface area contributed by atoms with Gasteiger partial charge in [-0.2, -0.15) is 0 Å². The van der Waals surface area contributed by atoms with Crippen LogP contribution in [-0.2, 0) is 16.0 Å². The summed E-state index contributed by atoms with van der Waals surface area (Å²) in [5.41, 5.74) is 2.49. The van der Waals surface area contributed by atoms with E-state index >= 15 is 0 Å². The molecule has 3 atom stereocenters. The molecule has 0 bridgehead atoms. The fourth-order valence-corrected chi connectivity index (χ4v) is 3.45. The number of hydrogen-bond acceptors (Lipinski definition) is 2. The number of rotatable bonds is 6. The van der Waals surface area contributed by atoms with Crippen molar-refractivity contribution in [1.29, 1.82) is 0 Å². The molecule has 130 valence electrons. The highest BCUT2D eigenvalue weighted by molar-refractivity contribution is 5.78. The number of carbonyl (C=O) groups excluding carboxylic acids is 1. The van der Waals surface area contributed by atoms with Gasteiger partial charge in [-0.3, -0.25) is 4.79 Å². The molecule has 0 radical (unpaired) electrons. The second-order valence-electron chi connectivity index (χ2n) is 6.87. The Kier molecular flexibility index (Phi) is 6.19. The van der Waals surface area contributed by atoms with Crippen molar-refractivity contribution in [3.05, 3.63) is 77.9 Å². The van der Waals surface area contributed by atoms with Crippen LogP contribution in [0.2, 0.25) is 0 Å². The van der Waals surface area contributed by atoms with Crippen molar-refractivity contribution >= 4 is 11.9 Å². The Morgan fingerprint density at radius 1 is 1.04 bits per heavy atom. The molecular formula is C23H26O2. The van der Waals surface area contributed by atoms with Crippen molar-refractivity contribution in [2.24, 2.45) is 5.92 Å². The predicted molar refractivity (Wildman–Crippen MR) is 102 cm³/mol. The molecule has 2 nitrogen and oxygen atoms in total. The second-order valence-corrected chi connectivity index (χ2v) is 6.87. The molecular weight excluding hydrogens is 308 g/mol. The van der Waals surface area contributed by atoms with Gasteiger partial charge < -0.3 is 4.74 Å². The predicted octanol–water partition coefficient (Wildman–Crippen LogP) is 5.09. The van der Waals surface area contributed by atoms with Crippen LogP contribution >= 0.6 is 0 Å². The number of Topliss-reactive ketones (excluding diaryl/α,β-unsaturated/α-hetero) is 1. The molecule has 3 rings (SSSR count). The van der Waals surface area contributed by atoms with Gasteiger partial charge in [0.1, 0.15) is 5.78 Å². The lowest BCUT2D eigenvalue weighted by atomic mass is 9.86. The topological polar surface area (TPSA) is 26.3 Å². The summed E-state index contributed by atoms with van der Waals surface area (Å²) in [5.74, 6) is 0.395. The largest absolute Gasteiger partial charge is 0.371 e. The molecule has 1 fully saturated rings. The standard InChI is InChI=1S/C23H26O2/c1-18(24)21-16-22(14-12-19-8-4-2-5-9-19)25-23(17-21)15-13-20-10-6-3-7-11-20/h2-12,14,21-23H,13,15-17H2,1H3/b14-12+/t21-,22+,23-/m1/s1. The maximum atomic E-state index is 12.0. The Morgan fingerprint density at radius 3 is 2.40 bits per heavy atom. The average molecular weight is 334 g/mol. The summed E-state index contributed by atoms with van der Waals surface area (Å²) in [6, 6.07) is 20.7. The first-order valence-corrected chi connectivity index (χ1v) is 9.14. The molecule has 0 saturated carbocycles. The van der Waals surface area contributed by atoms with Gasteiger partial charge in [0.25, 0.3) is 0 Å². The Bertz CT molecular complexity index is 691. The van der Waals surface area contributed by atoms with Gasteiger partial charge in [-0.15, -0.1) is 0 Å². The molecule has 1 saturated heterocycles. The van der Waals surface area contributed by atoms with Crippen LogP contribution in [0.15, 0.2) is 66.7 Å². The molecule has 25 heavy (non-hydrogen) atoms.